The van der Waals surface area contributed by atoms with Gasteiger partial charge in [0, 0.05) is 36.9 Å². The van der Waals surface area contributed by atoms with Crippen LogP contribution in [0.25, 0.3) is 10.9 Å². The van der Waals surface area contributed by atoms with Crippen LogP contribution in [-0.2, 0) is 15.9 Å². The fraction of sp³-hybridized carbons (Fsp3) is 0.500. The van der Waals surface area contributed by atoms with E-state index in [9.17, 15) is 0 Å². The Kier molecular flexibility index (Phi) is 6.05. The molecule has 4 nitrogen and oxygen atoms in total. The molecule has 110 valence electrons. The Hall–Kier alpha value is -1.36. The molecule has 0 bridgehead atoms. The van der Waals surface area contributed by atoms with Crippen LogP contribution in [0.4, 0.5) is 0 Å². The highest BCUT2D eigenvalue weighted by molar-refractivity contribution is 5.83. The van der Waals surface area contributed by atoms with Crippen molar-refractivity contribution in [3.05, 3.63) is 36.0 Å². The lowest BCUT2D eigenvalue weighted by Crippen LogP contribution is -2.32. The fourth-order valence-corrected chi connectivity index (χ4v) is 2.32. The summed E-state index contributed by atoms with van der Waals surface area (Å²) in [6, 6.07) is 8.39. The molecule has 0 spiro atoms. The van der Waals surface area contributed by atoms with Gasteiger partial charge in [-0.25, -0.2) is 0 Å². The molecule has 0 radical (unpaired) electrons. The third kappa shape index (κ3) is 4.07. The topological polar surface area (TPSA) is 46.3 Å². The predicted octanol–water partition coefficient (Wildman–Crippen LogP) is 2.70. The van der Waals surface area contributed by atoms with Crippen LogP contribution in [0.2, 0.25) is 0 Å². The minimum Gasteiger partial charge on any atom is -0.361 e. The summed E-state index contributed by atoms with van der Waals surface area (Å²) >= 11 is 0. The third-order valence-electron chi connectivity index (χ3n) is 3.26. The SMILES string of the molecule is CCOC(CNCCc1c[nH]c2ccccc12)OCC. The van der Waals surface area contributed by atoms with Gasteiger partial charge in [-0.15, -0.1) is 0 Å². The molecular formula is C16H24N2O2. The number of nitrogens with one attached hydrogen (secondary N) is 2. The maximum Gasteiger partial charge on any atom is 0.169 e. The Labute approximate surface area is 120 Å². The second kappa shape index (κ2) is 8.04. The van der Waals surface area contributed by atoms with Crippen LogP contribution < -0.4 is 5.32 Å². The summed E-state index contributed by atoms with van der Waals surface area (Å²) < 4.78 is 11.0. The fourth-order valence-electron chi connectivity index (χ4n) is 2.32. The third-order valence-corrected chi connectivity index (χ3v) is 3.26. The average molecular weight is 276 g/mol. The van der Waals surface area contributed by atoms with Gasteiger partial charge in [-0.3, -0.25) is 0 Å². The van der Waals surface area contributed by atoms with Crippen LogP contribution in [0.5, 0.6) is 0 Å². The summed E-state index contributed by atoms with van der Waals surface area (Å²) in [5.41, 5.74) is 2.54. The lowest BCUT2D eigenvalue weighted by molar-refractivity contribution is -0.132. The van der Waals surface area contributed by atoms with E-state index in [2.05, 4.69) is 40.8 Å². The highest BCUT2D eigenvalue weighted by Crippen LogP contribution is 2.17. The number of para-hydroxylation sites is 1. The minimum atomic E-state index is -0.145. The normalized spacial score (nSPS) is 11.6. The first-order valence-electron chi connectivity index (χ1n) is 7.34. The van der Waals surface area contributed by atoms with Crippen LogP contribution in [0.3, 0.4) is 0 Å². The molecule has 0 saturated carbocycles. The number of benzene rings is 1. The smallest absolute Gasteiger partial charge is 0.169 e. The molecule has 1 aromatic carbocycles. The molecule has 1 aromatic heterocycles. The number of hydrogen-bond donors (Lipinski definition) is 2. The van der Waals surface area contributed by atoms with E-state index < -0.39 is 0 Å². The lowest BCUT2D eigenvalue weighted by atomic mass is 10.1. The van der Waals surface area contributed by atoms with E-state index in [4.69, 9.17) is 9.47 Å². The summed E-state index contributed by atoms with van der Waals surface area (Å²) in [7, 11) is 0. The highest BCUT2D eigenvalue weighted by Gasteiger charge is 2.07. The van der Waals surface area contributed by atoms with Gasteiger partial charge in [0.05, 0.1) is 0 Å². The maximum atomic E-state index is 5.50. The summed E-state index contributed by atoms with van der Waals surface area (Å²) in [6.07, 6.45) is 2.94. The lowest BCUT2D eigenvalue weighted by Gasteiger charge is -2.17. The van der Waals surface area contributed by atoms with Gasteiger partial charge in [-0.2, -0.15) is 0 Å². The van der Waals surface area contributed by atoms with Crippen molar-refractivity contribution in [2.24, 2.45) is 0 Å². The van der Waals surface area contributed by atoms with Crippen LogP contribution in [0.1, 0.15) is 19.4 Å². The number of fused-ring (bicyclic) bond motifs is 1. The van der Waals surface area contributed by atoms with E-state index in [0.29, 0.717) is 13.2 Å². The van der Waals surface area contributed by atoms with Crippen LogP contribution >= 0.6 is 0 Å². The van der Waals surface area contributed by atoms with E-state index >= 15 is 0 Å². The molecule has 2 aromatic rings. The van der Waals surface area contributed by atoms with Gasteiger partial charge in [0.25, 0.3) is 0 Å². The molecule has 0 amide bonds. The van der Waals surface area contributed by atoms with Crippen molar-refractivity contribution in [3.63, 3.8) is 0 Å². The molecule has 20 heavy (non-hydrogen) atoms. The Bertz CT molecular complexity index is 504. The van der Waals surface area contributed by atoms with E-state index in [-0.39, 0.29) is 6.29 Å². The van der Waals surface area contributed by atoms with Crippen molar-refractivity contribution < 1.29 is 9.47 Å². The number of rotatable bonds is 9. The molecule has 2 N–H and O–H groups in total. The number of H-pyrrole nitrogens is 1. The average Bonchev–Trinajstić information content (AvgIpc) is 2.87. The standard InChI is InChI=1S/C16H24N2O2/c1-3-19-16(20-4-2)12-17-10-9-13-11-18-15-8-6-5-7-14(13)15/h5-8,11,16-18H,3-4,9-10,12H2,1-2H3. The van der Waals surface area contributed by atoms with Crippen molar-refractivity contribution in [3.8, 4) is 0 Å². The molecular weight excluding hydrogens is 252 g/mol. The van der Waals surface area contributed by atoms with E-state index in [1.54, 1.807) is 0 Å². The number of aromatic amines is 1. The van der Waals surface area contributed by atoms with Gasteiger partial charge < -0.3 is 19.8 Å². The van der Waals surface area contributed by atoms with Crippen molar-refractivity contribution >= 4 is 10.9 Å². The van der Waals surface area contributed by atoms with Crippen molar-refractivity contribution in [2.45, 2.75) is 26.6 Å². The van der Waals surface area contributed by atoms with Crippen molar-refractivity contribution in [2.75, 3.05) is 26.3 Å². The zero-order valence-electron chi connectivity index (χ0n) is 12.3. The number of ether oxygens (including phenoxy) is 2. The first-order valence-corrected chi connectivity index (χ1v) is 7.34. The quantitative estimate of drug-likeness (QED) is 0.547. The van der Waals surface area contributed by atoms with E-state index in [0.717, 1.165) is 19.5 Å². The summed E-state index contributed by atoms with van der Waals surface area (Å²) in [5, 5.41) is 4.70. The summed E-state index contributed by atoms with van der Waals surface area (Å²) in [5.74, 6) is 0. The van der Waals surface area contributed by atoms with E-state index in [1.807, 2.05) is 13.8 Å². The zero-order chi connectivity index (χ0) is 14.2. The van der Waals surface area contributed by atoms with Gasteiger partial charge in [0.1, 0.15) is 0 Å². The maximum absolute atomic E-state index is 5.50. The van der Waals surface area contributed by atoms with Gasteiger partial charge >= 0.3 is 0 Å². The second-order valence-corrected chi connectivity index (χ2v) is 4.65. The monoisotopic (exact) mass is 276 g/mol. The Balaban J connectivity index is 1.78. The molecule has 1 heterocycles. The largest absolute Gasteiger partial charge is 0.361 e. The molecule has 4 heteroatoms. The predicted molar refractivity (Wildman–Crippen MR) is 81.9 cm³/mol. The van der Waals surface area contributed by atoms with Gasteiger partial charge in [-0.05, 0) is 38.4 Å². The Morgan fingerprint density at radius 1 is 1.15 bits per heavy atom. The van der Waals surface area contributed by atoms with E-state index in [1.165, 1.54) is 16.5 Å². The van der Waals surface area contributed by atoms with Gasteiger partial charge in [0.15, 0.2) is 6.29 Å². The molecule has 2 rings (SSSR count). The first kappa shape index (κ1) is 15.0. The van der Waals surface area contributed by atoms with Gasteiger partial charge in [0.2, 0.25) is 0 Å². The molecule has 0 saturated heterocycles. The number of aromatic nitrogens is 1. The van der Waals surface area contributed by atoms with Crippen LogP contribution in [0, 0.1) is 0 Å². The van der Waals surface area contributed by atoms with Crippen LogP contribution in [-0.4, -0.2) is 37.6 Å². The highest BCUT2D eigenvalue weighted by atomic mass is 16.7. The molecule has 0 aliphatic heterocycles. The minimum absolute atomic E-state index is 0.145. The summed E-state index contributed by atoms with van der Waals surface area (Å²) in [4.78, 5) is 3.30. The second-order valence-electron chi connectivity index (χ2n) is 4.65. The Morgan fingerprint density at radius 2 is 1.90 bits per heavy atom. The molecule has 0 aliphatic rings. The molecule has 0 fully saturated rings. The summed E-state index contributed by atoms with van der Waals surface area (Å²) in [6.45, 7) is 6.96. The molecule has 0 aliphatic carbocycles. The molecule has 0 atom stereocenters. The first-order chi connectivity index (χ1) is 9.85. The Morgan fingerprint density at radius 3 is 2.65 bits per heavy atom. The van der Waals surface area contributed by atoms with Crippen molar-refractivity contribution in [1.82, 2.24) is 10.3 Å². The van der Waals surface area contributed by atoms with Crippen LogP contribution in [0.15, 0.2) is 30.5 Å². The van der Waals surface area contributed by atoms with Gasteiger partial charge in [-0.1, -0.05) is 18.2 Å². The number of hydrogen-bond acceptors (Lipinski definition) is 3. The molecule has 0 unspecified atom stereocenters. The van der Waals surface area contributed by atoms with Crippen molar-refractivity contribution in [1.29, 1.82) is 0 Å². The zero-order valence-corrected chi connectivity index (χ0v) is 12.3.